The fraction of sp³-hybridized carbons (Fsp3) is 0.333. The van der Waals surface area contributed by atoms with Crippen molar-refractivity contribution in [3.05, 3.63) is 41.2 Å². The van der Waals surface area contributed by atoms with Crippen molar-refractivity contribution >= 4 is 17.3 Å². The number of hydrogen-bond acceptors (Lipinski definition) is 4. The molecular formula is C15H18N4. The number of nitrogens with two attached hydrogens (primary N) is 1. The van der Waals surface area contributed by atoms with Gasteiger partial charge in [-0.1, -0.05) is 25.1 Å². The summed E-state index contributed by atoms with van der Waals surface area (Å²) in [5.41, 5.74) is 9.59. The lowest BCUT2D eigenvalue weighted by Gasteiger charge is -2.21. The van der Waals surface area contributed by atoms with E-state index in [1.165, 1.54) is 11.3 Å². The van der Waals surface area contributed by atoms with Crippen LogP contribution in [0, 0.1) is 6.92 Å². The Morgan fingerprint density at radius 3 is 2.84 bits per heavy atom. The molecule has 2 heterocycles. The van der Waals surface area contributed by atoms with Gasteiger partial charge in [-0.25, -0.2) is 9.97 Å². The highest BCUT2D eigenvalue weighted by Crippen LogP contribution is 2.35. The van der Waals surface area contributed by atoms with E-state index in [2.05, 4.69) is 39.1 Å². The van der Waals surface area contributed by atoms with Crippen molar-refractivity contribution in [3.8, 4) is 0 Å². The number of para-hydroxylation sites is 1. The molecule has 1 aromatic carbocycles. The van der Waals surface area contributed by atoms with Gasteiger partial charge in [0.15, 0.2) is 0 Å². The summed E-state index contributed by atoms with van der Waals surface area (Å²) in [6, 6.07) is 8.47. The molecule has 2 N–H and O–H groups in total. The molecule has 0 fully saturated rings. The summed E-state index contributed by atoms with van der Waals surface area (Å²) >= 11 is 0. The van der Waals surface area contributed by atoms with Gasteiger partial charge in [0.1, 0.15) is 17.5 Å². The molecule has 1 aliphatic rings. The summed E-state index contributed by atoms with van der Waals surface area (Å²) in [5.74, 6) is 2.35. The van der Waals surface area contributed by atoms with Crippen LogP contribution in [0.4, 0.5) is 17.3 Å². The Morgan fingerprint density at radius 2 is 2.05 bits per heavy atom. The number of fused-ring (bicyclic) bond motifs is 1. The highest BCUT2D eigenvalue weighted by atomic mass is 15.2. The average Bonchev–Trinajstić information content (AvgIpc) is 2.85. The van der Waals surface area contributed by atoms with Gasteiger partial charge in [0, 0.05) is 24.2 Å². The lowest BCUT2D eigenvalue weighted by molar-refractivity contribution is 0.896. The van der Waals surface area contributed by atoms with Gasteiger partial charge in [-0.15, -0.1) is 0 Å². The van der Waals surface area contributed by atoms with Gasteiger partial charge < -0.3 is 10.6 Å². The van der Waals surface area contributed by atoms with E-state index in [1.54, 1.807) is 0 Å². The van der Waals surface area contributed by atoms with Crippen LogP contribution in [0.25, 0.3) is 0 Å². The Balaban J connectivity index is 2.11. The molecule has 3 rings (SSSR count). The van der Waals surface area contributed by atoms with Crippen LogP contribution in [0.3, 0.4) is 0 Å². The van der Waals surface area contributed by atoms with Crippen LogP contribution in [-0.4, -0.2) is 16.5 Å². The quantitative estimate of drug-likeness (QED) is 0.895. The first kappa shape index (κ1) is 12.0. The number of benzene rings is 1. The van der Waals surface area contributed by atoms with E-state index in [1.807, 2.05) is 13.8 Å². The summed E-state index contributed by atoms with van der Waals surface area (Å²) in [7, 11) is 0. The second kappa shape index (κ2) is 4.53. The van der Waals surface area contributed by atoms with Gasteiger partial charge in [0.25, 0.3) is 0 Å². The van der Waals surface area contributed by atoms with E-state index in [0.29, 0.717) is 5.82 Å². The second-order valence-corrected chi connectivity index (χ2v) is 4.86. The minimum Gasteiger partial charge on any atom is -0.383 e. The van der Waals surface area contributed by atoms with E-state index in [0.717, 1.165) is 36.6 Å². The number of rotatable bonds is 2. The summed E-state index contributed by atoms with van der Waals surface area (Å²) in [4.78, 5) is 11.2. The molecule has 19 heavy (non-hydrogen) atoms. The minimum atomic E-state index is 0.589. The monoisotopic (exact) mass is 254 g/mol. The largest absolute Gasteiger partial charge is 0.383 e. The molecule has 0 unspecified atom stereocenters. The summed E-state index contributed by atoms with van der Waals surface area (Å²) < 4.78 is 0. The molecule has 4 nitrogen and oxygen atoms in total. The molecular weight excluding hydrogens is 236 g/mol. The molecule has 2 aromatic rings. The molecule has 4 heteroatoms. The first-order valence-corrected chi connectivity index (χ1v) is 6.69. The second-order valence-electron chi connectivity index (χ2n) is 4.86. The Kier molecular flexibility index (Phi) is 2.85. The van der Waals surface area contributed by atoms with Crippen LogP contribution in [-0.2, 0) is 12.8 Å². The number of aryl methyl sites for hydroxylation is 1. The smallest absolute Gasteiger partial charge is 0.141 e. The molecule has 1 aromatic heterocycles. The fourth-order valence-electron chi connectivity index (χ4n) is 2.55. The third-order valence-electron chi connectivity index (χ3n) is 3.66. The number of anilines is 3. The lowest BCUT2D eigenvalue weighted by atomic mass is 10.2. The highest BCUT2D eigenvalue weighted by Gasteiger charge is 2.23. The average molecular weight is 254 g/mol. The van der Waals surface area contributed by atoms with Gasteiger partial charge >= 0.3 is 0 Å². The zero-order valence-electron chi connectivity index (χ0n) is 11.3. The molecule has 1 aliphatic heterocycles. The van der Waals surface area contributed by atoms with Crippen LogP contribution in [0.15, 0.2) is 24.3 Å². The third-order valence-corrected chi connectivity index (χ3v) is 3.66. The Hall–Kier alpha value is -2.10. The zero-order valence-corrected chi connectivity index (χ0v) is 11.3. The third kappa shape index (κ3) is 1.93. The van der Waals surface area contributed by atoms with E-state index in [4.69, 9.17) is 5.73 Å². The van der Waals surface area contributed by atoms with Gasteiger partial charge in [0.05, 0.1) is 0 Å². The van der Waals surface area contributed by atoms with Crippen molar-refractivity contribution in [2.24, 2.45) is 0 Å². The van der Waals surface area contributed by atoms with E-state index >= 15 is 0 Å². The van der Waals surface area contributed by atoms with Crippen LogP contribution in [0.5, 0.6) is 0 Å². The predicted octanol–water partition coefficient (Wildman–Crippen LogP) is 2.62. The Morgan fingerprint density at radius 1 is 1.26 bits per heavy atom. The van der Waals surface area contributed by atoms with Crippen molar-refractivity contribution < 1.29 is 0 Å². The number of hydrogen-bond donors (Lipinski definition) is 1. The maximum atomic E-state index is 6.01. The Labute approximate surface area is 113 Å². The number of aromatic nitrogens is 2. The fourth-order valence-corrected chi connectivity index (χ4v) is 2.55. The van der Waals surface area contributed by atoms with Gasteiger partial charge in [-0.2, -0.15) is 0 Å². The van der Waals surface area contributed by atoms with Crippen LogP contribution in [0.1, 0.15) is 23.9 Å². The maximum absolute atomic E-state index is 6.01. The summed E-state index contributed by atoms with van der Waals surface area (Å²) in [6.07, 6.45) is 1.86. The Bertz CT molecular complexity index is 622. The van der Waals surface area contributed by atoms with Crippen LogP contribution < -0.4 is 10.6 Å². The molecule has 0 aliphatic carbocycles. The summed E-state index contributed by atoms with van der Waals surface area (Å²) in [5, 5.41) is 0. The van der Waals surface area contributed by atoms with Crippen molar-refractivity contribution in [1.82, 2.24) is 9.97 Å². The number of nitrogens with zero attached hydrogens (tertiary/aromatic N) is 3. The topological polar surface area (TPSA) is 55.0 Å². The normalized spacial score (nSPS) is 13.7. The van der Waals surface area contributed by atoms with E-state index in [-0.39, 0.29) is 0 Å². The minimum absolute atomic E-state index is 0.589. The zero-order chi connectivity index (χ0) is 13.4. The first-order chi connectivity index (χ1) is 9.20. The standard InChI is InChI=1S/C15H18N4/c1-3-13-17-14(16)10(2)15(18-13)19-9-8-11-6-4-5-7-12(11)19/h4-7H,3,8-9H2,1-2H3,(H2,16,17,18). The lowest BCUT2D eigenvalue weighted by Crippen LogP contribution is -2.18. The maximum Gasteiger partial charge on any atom is 0.141 e. The SMILES string of the molecule is CCc1nc(N)c(C)c(N2CCc3ccccc32)n1. The van der Waals surface area contributed by atoms with Crippen molar-refractivity contribution in [2.45, 2.75) is 26.7 Å². The molecule has 98 valence electrons. The first-order valence-electron chi connectivity index (χ1n) is 6.69. The van der Waals surface area contributed by atoms with E-state index < -0.39 is 0 Å². The van der Waals surface area contributed by atoms with E-state index in [9.17, 15) is 0 Å². The molecule has 0 atom stereocenters. The molecule has 0 spiro atoms. The highest BCUT2D eigenvalue weighted by molar-refractivity contribution is 5.71. The molecule has 0 bridgehead atoms. The van der Waals surface area contributed by atoms with Gasteiger partial charge in [-0.3, -0.25) is 0 Å². The van der Waals surface area contributed by atoms with Crippen molar-refractivity contribution in [3.63, 3.8) is 0 Å². The molecule has 0 saturated heterocycles. The molecule has 0 saturated carbocycles. The van der Waals surface area contributed by atoms with Crippen molar-refractivity contribution in [2.75, 3.05) is 17.2 Å². The van der Waals surface area contributed by atoms with Gasteiger partial charge in [-0.05, 0) is 25.0 Å². The molecule has 0 amide bonds. The van der Waals surface area contributed by atoms with Crippen LogP contribution >= 0.6 is 0 Å². The predicted molar refractivity (Wildman–Crippen MR) is 77.7 cm³/mol. The van der Waals surface area contributed by atoms with Crippen molar-refractivity contribution in [1.29, 1.82) is 0 Å². The summed E-state index contributed by atoms with van der Waals surface area (Å²) in [6.45, 7) is 5.00. The van der Waals surface area contributed by atoms with Crippen LogP contribution in [0.2, 0.25) is 0 Å². The number of nitrogen functional groups attached to an aromatic ring is 1. The van der Waals surface area contributed by atoms with Gasteiger partial charge in [0.2, 0.25) is 0 Å². The molecule has 0 radical (unpaired) electrons.